The number of amidine groups is 1. The van der Waals surface area contributed by atoms with Gasteiger partial charge >= 0.3 is 6.18 Å². The second kappa shape index (κ2) is 8.53. The van der Waals surface area contributed by atoms with Crippen LogP contribution in [0.2, 0.25) is 0 Å². The fourth-order valence-corrected chi connectivity index (χ4v) is 9.13. The number of benzene rings is 2. The van der Waals surface area contributed by atoms with E-state index in [0.29, 0.717) is 43.2 Å². The first-order chi connectivity index (χ1) is 19.2. The van der Waals surface area contributed by atoms with E-state index in [-0.39, 0.29) is 22.8 Å². The molecule has 0 aromatic heterocycles. The van der Waals surface area contributed by atoms with Gasteiger partial charge in [-0.05, 0) is 86.4 Å². The van der Waals surface area contributed by atoms with Gasteiger partial charge in [-0.3, -0.25) is 9.79 Å². The lowest BCUT2D eigenvalue weighted by Crippen LogP contribution is -2.79. The van der Waals surface area contributed by atoms with Crippen LogP contribution in [0.3, 0.4) is 0 Å². The van der Waals surface area contributed by atoms with Crippen LogP contribution in [0, 0.1) is 23.1 Å². The predicted molar refractivity (Wildman–Crippen MR) is 142 cm³/mol. The summed E-state index contributed by atoms with van der Waals surface area (Å²) < 4.78 is 82.0. The summed E-state index contributed by atoms with van der Waals surface area (Å²) in [5.41, 5.74) is -2.34. The number of amides is 1. The molecule has 5 fully saturated rings. The number of hydrogen-bond donors (Lipinski definition) is 1. The topological polar surface area (TPSA) is 82.1 Å². The summed E-state index contributed by atoms with van der Waals surface area (Å²) in [6.45, 7) is 3.66. The molecule has 1 N–H and O–H groups in total. The van der Waals surface area contributed by atoms with Gasteiger partial charge in [-0.1, -0.05) is 12.1 Å². The van der Waals surface area contributed by atoms with E-state index in [1.54, 1.807) is 0 Å². The molecule has 6 aliphatic rings. The number of alkyl halides is 3. The van der Waals surface area contributed by atoms with Crippen LogP contribution in [-0.2, 0) is 27.5 Å². The van der Waals surface area contributed by atoms with Gasteiger partial charge in [0.1, 0.15) is 17.2 Å². The van der Waals surface area contributed by atoms with Crippen LogP contribution in [0.15, 0.2) is 58.4 Å². The zero-order valence-electron chi connectivity index (χ0n) is 22.4. The van der Waals surface area contributed by atoms with Gasteiger partial charge in [0.15, 0.2) is 0 Å². The molecule has 2 aliphatic heterocycles. The number of carbonyl (C=O) groups is 1. The zero-order valence-corrected chi connectivity index (χ0v) is 23.2. The van der Waals surface area contributed by atoms with Gasteiger partial charge in [0.25, 0.3) is 0 Å². The number of hydrogen-bond acceptors (Lipinski definition) is 5. The molecule has 3 atom stereocenters. The molecule has 1 amide bonds. The molecule has 218 valence electrons. The molecular formula is C29H30F4N4O3S. The van der Waals surface area contributed by atoms with Crippen LogP contribution >= 0.6 is 0 Å². The van der Waals surface area contributed by atoms with E-state index in [1.165, 1.54) is 35.0 Å². The zero-order chi connectivity index (χ0) is 29.0. The number of fused-ring (bicyclic) bond motifs is 1. The van der Waals surface area contributed by atoms with Crippen LogP contribution in [0.5, 0.6) is 0 Å². The number of nitrogens with one attached hydrogen (secondary N) is 1. The SMILES string of the molecule is C[C@]1(C(=O)N2CC3CC3C2)CN=C(C23CC(N(Cc4ccc(C(F)(F)F)cc4)S(=O)(=O)c4ccc(F)cc4)(C2)C3)N1. The molecular weight excluding hydrogens is 560 g/mol. The standard InChI is InChI=1S/C29H30F4N4O3S/c1-26(25(38)36-12-19-10-20(19)13-36)17-34-24(35-26)27-14-28(15-27,16-27)37(41(39,40)23-8-6-22(30)7-9-23)11-18-2-4-21(5-3-18)29(31,32)33/h2-9,19-20H,10-17H2,1H3,(H,34,35)/t19?,20?,26-,27?,28?/m1/s1. The molecule has 8 rings (SSSR count). The van der Waals surface area contributed by atoms with Crippen molar-refractivity contribution in [1.82, 2.24) is 14.5 Å². The van der Waals surface area contributed by atoms with E-state index in [2.05, 4.69) is 5.32 Å². The maximum absolute atomic E-state index is 13.9. The van der Waals surface area contributed by atoms with Crippen molar-refractivity contribution < 1.29 is 30.8 Å². The number of sulfonamides is 1. The third-order valence-corrected chi connectivity index (χ3v) is 11.7. The van der Waals surface area contributed by atoms with Crippen LogP contribution in [0.25, 0.3) is 0 Å². The molecule has 4 saturated carbocycles. The van der Waals surface area contributed by atoms with E-state index in [1.807, 2.05) is 11.8 Å². The van der Waals surface area contributed by atoms with Crippen LogP contribution in [0.4, 0.5) is 17.6 Å². The summed E-state index contributed by atoms with van der Waals surface area (Å²) in [7, 11) is -4.11. The lowest BCUT2D eigenvalue weighted by atomic mass is 9.38. The Morgan fingerprint density at radius 3 is 2.24 bits per heavy atom. The van der Waals surface area contributed by atoms with Gasteiger partial charge in [0.2, 0.25) is 15.9 Å². The first-order valence-electron chi connectivity index (χ1n) is 13.8. The number of aliphatic imine (C=N–C) groups is 1. The lowest BCUT2D eigenvalue weighted by Gasteiger charge is -2.73. The average Bonchev–Trinajstić information content (AvgIpc) is 3.27. The van der Waals surface area contributed by atoms with Gasteiger partial charge in [0.05, 0.1) is 17.0 Å². The predicted octanol–water partition coefficient (Wildman–Crippen LogP) is 4.20. The Hall–Kier alpha value is -2.99. The molecule has 2 aromatic carbocycles. The maximum Gasteiger partial charge on any atom is 0.416 e. The van der Waals surface area contributed by atoms with E-state index in [4.69, 9.17) is 4.99 Å². The van der Waals surface area contributed by atoms with Crippen LogP contribution < -0.4 is 5.32 Å². The van der Waals surface area contributed by atoms with Crippen molar-refractivity contribution in [3.05, 3.63) is 65.5 Å². The van der Waals surface area contributed by atoms with Crippen molar-refractivity contribution >= 4 is 21.8 Å². The highest BCUT2D eigenvalue weighted by Crippen LogP contribution is 2.71. The quantitative estimate of drug-likeness (QED) is 0.491. The fraction of sp³-hybridized carbons (Fsp3) is 0.517. The second-order valence-electron chi connectivity index (χ2n) is 12.8. The third-order valence-electron chi connectivity index (χ3n) is 9.73. The monoisotopic (exact) mass is 590 g/mol. The van der Waals surface area contributed by atoms with Gasteiger partial charge < -0.3 is 10.2 Å². The van der Waals surface area contributed by atoms with Crippen LogP contribution in [-0.4, -0.2) is 60.1 Å². The number of nitrogens with zero attached hydrogens (tertiary/aromatic N) is 3. The maximum atomic E-state index is 13.9. The van der Waals surface area contributed by atoms with Crippen molar-refractivity contribution in [3.63, 3.8) is 0 Å². The Morgan fingerprint density at radius 2 is 1.66 bits per heavy atom. The highest BCUT2D eigenvalue weighted by Gasteiger charge is 2.75. The molecule has 2 heterocycles. The van der Waals surface area contributed by atoms with Gasteiger partial charge in [-0.2, -0.15) is 17.5 Å². The normalized spacial score (nSPS) is 33.5. The number of carbonyl (C=O) groups excluding carboxylic acids is 1. The molecule has 2 bridgehead atoms. The Balaban J connectivity index is 1.11. The van der Waals surface area contributed by atoms with E-state index in [9.17, 15) is 30.8 Å². The summed E-state index contributed by atoms with van der Waals surface area (Å²) in [6, 6.07) is 9.03. The molecule has 1 saturated heterocycles. The highest BCUT2D eigenvalue weighted by atomic mass is 32.2. The first kappa shape index (κ1) is 26.9. The largest absolute Gasteiger partial charge is 0.416 e. The second-order valence-corrected chi connectivity index (χ2v) is 14.6. The van der Waals surface area contributed by atoms with E-state index < -0.39 is 38.7 Å². The van der Waals surface area contributed by atoms with Crippen LogP contribution in [0.1, 0.15) is 43.7 Å². The van der Waals surface area contributed by atoms with E-state index >= 15 is 0 Å². The average molecular weight is 591 g/mol. The number of piperidine rings is 1. The fourth-order valence-electron chi connectivity index (χ4n) is 7.37. The molecule has 41 heavy (non-hydrogen) atoms. The summed E-state index contributed by atoms with van der Waals surface area (Å²) in [5, 5.41) is 3.40. The molecule has 0 spiro atoms. The summed E-state index contributed by atoms with van der Waals surface area (Å²) in [5.74, 6) is 1.46. The Morgan fingerprint density at radius 1 is 1.05 bits per heavy atom. The minimum atomic E-state index is -4.50. The van der Waals surface area contributed by atoms with Gasteiger partial charge in [-0.25, -0.2) is 12.8 Å². The van der Waals surface area contributed by atoms with Gasteiger partial charge in [0, 0.05) is 30.6 Å². The summed E-state index contributed by atoms with van der Waals surface area (Å²) >= 11 is 0. The van der Waals surface area contributed by atoms with Crippen molar-refractivity contribution in [2.45, 2.75) is 61.3 Å². The summed E-state index contributed by atoms with van der Waals surface area (Å²) in [4.78, 5) is 19.9. The van der Waals surface area contributed by atoms with Crippen molar-refractivity contribution in [3.8, 4) is 0 Å². The highest BCUT2D eigenvalue weighted by molar-refractivity contribution is 7.89. The molecule has 4 aliphatic carbocycles. The minimum absolute atomic E-state index is 0.0487. The van der Waals surface area contributed by atoms with Gasteiger partial charge in [-0.15, -0.1) is 0 Å². The van der Waals surface area contributed by atoms with E-state index in [0.717, 1.165) is 43.2 Å². The third kappa shape index (κ3) is 4.19. The smallest absolute Gasteiger partial charge is 0.358 e. The minimum Gasteiger partial charge on any atom is -0.358 e. The Labute approximate surface area is 235 Å². The molecule has 2 aromatic rings. The number of likely N-dealkylation sites (tertiary alicyclic amines) is 1. The molecule has 12 heteroatoms. The van der Waals surface area contributed by atoms with Crippen molar-refractivity contribution in [2.24, 2.45) is 22.2 Å². The summed E-state index contributed by atoms with van der Waals surface area (Å²) in [6.07, 6.45) is -1.87. The molecule has 2 unspecified atom stereocenters. The number of halogens is 4. The van der Waals surface area contributed by atoms with Crippen molar-refractivity contribution in [2.75, 3.05) is 19.6 Å². The Bertz CT molecular complexity index is 1530. The molecule has 0 radical (unpaired) electrons. The number of rotatable bonds is 7. The molecule has 7 nitrogen and oxygen atoms in total. The van der Waals surface area contributed by atoms with Crippen molar-refractivity contribution in [1.29, 1.82) is 0 Å². The lowest BCUT2D eigenvalue weighted by molar-refractivity contribution is -0.151. The Kier molecular flexibility index (Phi) is 5.59. The first-order valence-corrected chi connectivity index (χ1v) is 15.2.